The summed E-state index contributed by atoms with van der Waals surface area (Å²) in [6.45, 7) is 0. The second kappa shape index (κ2) is 8.51. The third-order valence-electron chi connectivity index (χ3n) is 3.95. The summed E-state index contributed by atoms with van der Waals surface area (Å²) in [6, 6.07) is 20.7. The number of benzene rings is 2. The van der Waals surface area contributed by atoms with E-state index in [9.17, 15) is 10.4 Å². The lowest BCUT2D eigenvalue weighted by Gasteiger charge is -2.10. The second-order valence-corrected chi connectivity index (χ2v) is 7.08. The molecular weight excluding hydrogens is 378 g/mol. The van der Waals surface area contributed by atoms with Crippen molar-refractivity contribution in [1.29, 1.82) is 10.5 Å². The summed E-state index contributed by atoms with van der Waals surface area (Å²) in [4.78, 5) is 4.50. The minimum absolute atomic E-state index is 0.0951. The first-order chi connectivity index (χ1) is 13.1. The van der Waals surface area contributed by atoms with Crippen LogP contribution in [0.5, 0.6) is 0 Å². The van der Waals surface area contributed by atoms with Gasteiger partial charge in [-0.25, -0.2) is 4.98 Å². The molecule has 0 amide bonds. The molecule has 27 heavy (non-hydrogen) atoms. The normalized spacial score (nSPS) is 12.6. The fraction of sp³-hybridized carbons (Fsp3) is 0.0952. The molecule has 0 spiro atoms. The van der Waals surface area contributed by atoms with Crippen molar-refractivity contribution >= 4 is 34.3 Å². The largest absolute Gasteiger partial charge is 0.506 e. The van der Waals surface area contributed by atoms with Gasteiger partial charge >= 0.3 is 0 Å². The molecule has 0 aliphatic rings. The van der Waals surface area contributed by atoms with E-state index in [1.807, 2.05) is 41.8 Å². The van der Waals surface area contributed by atoms with E-state index in [1.54, 1.807) is 24.3 Å². The quantitative estimate of drug-likeness (QED) is 0.357. The van der Waals surface area contributed by atoms with Gasteiger partial charge in [0, 0.05) is 22.9 Å². The van der Waals surface area contributed by atoms with Crippen LogP contribution in [0.15, 0.2) is 60.0 Å². The molecular formula is C21H14ClN3OS. The van der Waals surface area contributed by atoms with Gasteiger partial charge in [-0.15, -0.1) is 22.9 Å². The summed E-state index contributed by atoms with van der Waals surface area (Å²) in [5, 5.41) is 30.9. The van der Waals surface area contributed by atoms with Crippen LogP contribution in [0.4, 0.5) is 0 Å². The standard InChI is InChI=1S/C21H14ClN3OS/c22-16(11-23)10-15-8-4-5-9-17(15)20(26)18(12-24)21-25-19(13-27-21)14-6-2-1-3-7-14/h1-9,13,16,26H,10H2/b20-18-. The fourth-order valence-corrected chi connectivity index (χ4v) is 3.62. The summed E-state index contributed by atoms with van der Waals surface area (Å²) in [5.74, 6) is -0.163. The summed E-state index contributed by atoms with van der Waals surface area (Å²) >= 11 is 7.24. The van der Waals surface area contributed by atoms with Crippen LogP contribution in [0.2, 0.25) is 0 Å². The summed E-state index contributed by atoms with van der Waals surface area (Å²) < 4.78 is 0. The number of halogens is 1. The number of thiazole rings is 1. The van der Waals surface area contributed by atoms with Gasteiger partial charge in [-0.1, -0.05) is 54.6 Å². The van der Waals surface area contributed by atoms with Crippen LogP contribution < -0.4 is 0 Å². The molecule has 3 aromatic rings. The monoisotopic (exact) mass is 391 g/mol. The molecule has 1 N–H and O–H groups in total. The van der Waals surface area contributed by atoms with E-state index < -0.39 is 5.38 Å². The molecule has 1 aromatic heterocycles. The minimum atomic E-state index is -0.714. The Labute approximate surface area is 166 Å². The number of nitrogens with zero attached hydrogens (tertiary/aromatic N) is 3. The number of allylic oxidation sites excluding steroid dienone is 1. The number of aromatic nitrogens is 1. The Hall–Kier alpha value is -3.12. The van der Waals surface area contributed by atoms with Crippen molar-refractivity contribution in [2.24, 2.45) is 0 Å². The smallest absolute Gasteiger partial charge is 0.143 e. The summed E-state index contributed by atoms with van der Waals surface area (Å²) in [5.41, 5.74) is 2.96. The average molecular weight is 392 g/mol. The van der Waals surface area contributed by atoms with E-state index >= 15 is 0 Å². The second-order valence-electron chi connectivity index (χ2n) is 5.70. The van der Waals surface area contributed by atoms with Crippen molar-refractivity contribution < 1.29 is 5.11 Å². The number of hydrogen-bond acceptors (Lipinski definition) is 5. The molecule has 0 saturated heterocycles. The molecule has 132 valence electrons. The Morgan fingerprint density at radius 2 is 1.81 bits per heavy atom. The van der Waals surface area contributed by atoms with Crippen molar-refractivity contribution in [2.75, 3.05) is 0 Å². The zero-order valence-corrected chi connectivity index (χ0v) is 15.7. The molecule has 0 aliphatic heterocycles. The SMILES string of the molecule is N#C/C(=C(/O)c1ccccc1CC(Cl)C#N)c1nc(-c2ccccc2)cs1. The van der Waals surface area contributed by atoms with Gasteiger partial charge < -0.3 is 5.11 Å². The molecule has 0 saturated carbocycles. The van der Waals surface area contributed by atoms with Crippen molar-refractivity contribution in [2.45, 2.75) is 11.8 Å². The molecule has 4 nitrogen and oxygen atoms in total. The van der Waals surface area contributed by atoms with Gasteiger partial charge in [0.2, 0.25) is 0 Å². The van der Waals surface area contributed by atoms with Gasteiger partial charge in [-0.05, 0) is 5.56 Å². The first-order valence-electron chi connectivity index (χ1n) is 8.10. The first kappa shape index (κ1) is 18.7. The maximum absolute atomic E-state index is 10.8. The molecule has 0 fully saturated rings. The topological polar surface area (TPSA) is 80.7 Å². The third-order valence-corrected chi connectivity index (χ3v) is 5.06. The van der Waals surface area contributed by atoms with Gasteiger partial charge in [-0.3, -0.25) is 0 Å². The summed E-state index contributed by atoms with van der Waals surface area (Å²) in [6.07, 6.45) is 0.268. The number of nitriles is 2. The number of aliphatic hydroxyl groups excluding tert-OH is 1. The average Bonchev–Trinajstić information content (AvgIpc) is 3.19. The lowest BCUT2D eigenvalue weighted by Crippen LogP contribution is -2.03. The van der Waals surface area contributed by atoms with E-state index in [0.717, 1.165) is 11.3 Å². The fourth-order valence-electron chi connectivity index (χ4n) is 2.63. The molecule has 1 atom stereocenters. The van der Waals surface area contributed by atoms with E-state index in [-0.39, 0.29) is 17.8 Å². The third kappa shape index (κ3) is 4.17. The predicted octanol–water partition coefficient (Wildman–Crippen LogP) is 5.43. The number of hydrogen-bond donors (Lipinski definition) is 1. The Bertz CT molecular complexity index is 1060. The van der Waals surface area contributed by atoms with Gasteiger partial charge in [0.1, 0.15) is 27.8 Å². The number of alkyl halides is 1. The van der Waals surface area contributed by atoms with Crippen molar-refractivity contribution in [3.05, 3.63) is 76.1 Å². The molecule has 6 heteroatoms. The van der Waals surface area contributed by atoms with E-state index in [0.29, 0.717) is 16.1 Å². The van der Waals surface area contributed by atoms with Crippen LogP contribution in [-0.4, -0.2) is 15.5 Å². The van der Waals surface area contributed by atoms with Crippen LogP contribution in [0.25, 0.3) is 22.6 Å². The summed E-state index contributed by atoms with van der Waals surface area (Å²) in [7, 11) is 0. The highest BCUT2D eigenvalue weighted by atomic mass is 35.5. The van der Waals surface area contributed by atoms with Crippen LogP contribution in [0, 0.1) is 22.7 Å². The Morgan fingerprint density at radius 3 is 2.52 bits per heavy atom. The molecule has 0 aliphatic carbocycles. The van der Waals surface area contributed by atoms with E-state index in [4.69, 9.17) is 16.9 Å². The molecule has 0 radical (unpaired) electrons. The highest BCUT2D eigenvalue weighted by Crippen LogP contribution is 2.31. The Kier molecular flexibility index (Phi) is 5.88. The van der Waals surface area contributed by atoms with Crippen LogP contribution in [0.1, 0.15) is 16.1 Å². The zero-order chi connectivity index (χ0) is 19.2. The molecule has 3 rings (SSSR count). The molecule has 1 unspecified atom stereocenters. The first-order valence-corrected chi connectivity index (χ1v) is 9.42. The van der Waals surface area contributed by atoms with Gasteiger partial charge in [0.25, 0.3) is 0 Å². The molecule has 2 aromatic carbocycles. The van der Waals surface area contributed by atoms with E-state index in [1.165, 1.54) is 11.3 Å². The van der Waals surface area contributed by atoms with Crippen molar-refractivity contribution in [3.63, 3.8) is 0 Å². The van der Waals surface area contributed by atoms with Crippen molar-refractivity contribution in [3.8, 4) is 23.4 Å². The van der Waals surface area contributed by atoms with Gasteiger partial charge in [-0.2, -0.15) is 10.5 Å². The Morgan fingerprint density at radius 1 is 1.11 bits per heavy atom. The highest BCUT2D eigenvalue weighted by molar-refractivity contribution is 7.11. The lowest BCUT2D eigenvalue weighted by molar-refractivity contribution is 0.513. The Balaban J connectivity index is 2.03. The van der Waals surface area contributed by atoms with Crippen LogP contribution in [-0.2, 0) is 6.42 Å². The maximum atomic E-state index is 10.8. The van der Waals surface area contributed by atoms with E-state index in [2.05, 4.69) is 11.1 Å². The highest BCUT2D eigenvalue weighted by Gasteiger charge is 2.18. The van der Waals surface area contributed by atoms with Crippen LogP contribution >= 0.6 is 22.9 Å². The molecule has 0 bridgehead atoms. The lowest BCUT2D eigenvalue weighted by atomic mass is 9.99. The van der Waals surface area contributed by atoms with Gasteiger partial charge in [0.15, 0.2) is 0 Å². The predicted molar refractivity (Wildman–Crippen MR) is 108 cm³/mol. The maximum Gasteiger partial charge on any atom is 0.143 e. The zero-order valence-electron chi connectivity index (χ0n) is 14.1. The minimum Gasteiger partial charge on any atom is -0.506 e. The van der Waals surface area contributed by atoms with Crippen LogP contribution in [0.3, 0.4) is 0 Å². The number of aliphatic hydroxyl groups is 1. The number of rotatable bonds is 5. The van der Waals surface area contributed by atoms with Gasteiger partial charge in [0.05, 0.1) is 11.8 Å². The van der Waals surface area contributed by atoms with Crippen molar-refractivity contribution in [1.82, 2.24) is 4.98 Å². The molecule has 1 heterocycles.